The summed E-state index contributed by atoms with van der Waals surface area (Å²) in [4.78, 5) is 4.14. The van der Waals surface area contributed by atoms with Gasteiger partial charge in [0, 0.05) is 12.6 Å². The van der Waals surface area contributed by atoms with Crippen molar-refractivity contribution in [3.05, 3.63) is 41.6 Å². The highest BCUT2D eigenvalue weighted by molar-refractivity contribution is 5.65. The van der Waals surface area contributed by atoms with Crippen molar-refractivity contribution in [1.82, 2.24) is 9.55 Å². The molecule has 16 heavy (non-hydrogen) atoms. The van der Waals surface area contributed by atoms with Gasteiger partial charge in [-0.05, 0) is 31.2 Å². The summed E-state index contributed by atoms with van der Waals surface area (Å²) < 4.78 is 14.6. The van der Waals surface area contributed by atoms with Gasteiger partial charge >= 0.3 is 0 Å². The van der Waals surface area contributed by atoms with Gasteiger partial charge in [-0.15, -0.1) is 0 Å². The van der Waals surface area contributed by atoms with Gasteiger partial charge in [-0.25, -0.2) is 9.37 Å². The molecular weight excluding hydrogens is 205 g/mol. The summed E-state index contributed by atoms with van der Waals surface area (Å²) in [6, 6.07) is 8.08. The third-order valence-electron chi connectivity index (χ3n) is 2.54. The van der Waals surface area contributed by atoms with E-state index in [1.54, 1.807) is 12.1 Å². The molecule has 0 spiro atoms. The lowest BCUT2D eigenvalue weighted by Crippen LogP contribution is -1.94. The Hall–Kier alpha value is -2.15. The minimum Gasteiger partial charge on any atom is -0.330 e. The quantitative estimate of drug-likeness (QED) is 0.733. The predicted octanol–water partition coefficient (Wildman–Crippen LogP) is 2.41. The van der Waals surface area contributed by atoms with E-state index in [0.717, 1.165) is 17.1 Å². The summed E-state index contributed by atoms with van der Waals surface area (Å²) in [5, 5.41) is 8.97. The van der Waals surface area contributed by atoms with E-state index < -0.39 is 0 Å². The molecule has 0 atom stereocenters. The predicted molar refractivity (Wildman–Crippen MR) is 58.1 cm³/mol. The van der Waals surface area contributed by atoms with Crippen LogP contribution in [0.1, 0.15) is 11.5 Å². The highest BCUT2D eigenvalue weighted by Gasteiger charge is 2.13. The fraction of sp³-hybridized carbons (Fsp3) is 0.167. The summed E-state index contributed by atoms with van der Waals surface area (Å²) in [5.41, 5.74) is 1.88. The van der Waals surface area contributed by atoms with Gasteiger partial charge in [-0.2, -0.15) is 5.26 Å². The van der Waals surface area contributed by atoms with Crippen LogP contribution in [0.5, 0.6) is 0 Å². The summed E-state index contributed by atoms with van der Waals surface area (Å²) in [7, 11) is 1.84. The third kappa shape index (κ3) is 1.57. The maximum absolute atomic E-state index is 12.8. The third-order valence-corrected chi connectivity index (χ3v) is 2.54. The molecule has 0 saturated heterocycles. The summed E-state index contributed by atoms with van der Waals surface area (Å²) in [5.74, 6) is 0.469. The van der Waals surface area contributed by atoms with Crippen molar-refractivity contribution in [3.8, 4) is 17.3 Å². The Morgan fingerprint density at radius 2 is 1.94 bits per heavy atom. The number of hydrogen-bond acceptors (Lipinski definition) is 2. The molecule has 2 aromatic rings. The molecule has 0 bridgehead atoms. The van der Waals surface area contributed by atoms with E-state index in [-0.39, 0.29) is 5.82 Å². The van der Waals surface area contributed by atoms with Crippen LogP contribution in [0.4, 0.5) is 4.39 Å². The molecule has 0 radical (unpaired) electrons. The fourth-order valence-electron chi connectivity index (χ4n) is 1.63. The smallest absolute Gasteiger partial charge is 0.166 e. The van der Waals surface area contributed by atoms with Gasteiger partial charge < -0.3 is 4.57 Å². The van der Waals surface area contributed by atoms with Gasteiger partial charge in [0.1, 0.15) is 17.7 Å². The Morgan fingerprint density at radius 1 is 1.31 bits per heavy atom. The van der Waals surface area contributed by atoms with Crippen LogP contribution >= 0.6 is 0 Å². The molecule has 0 aliphatic heterocycles. The number of rotatable bonds is 1. The molecular formula is C12H10FN3. The molecule has 0 aliphatic carbocycles. The molecule has 80 valence electrons. The molecule has 0 fully saturated rings. The van der Waals surface area contributed by atoms with Crippen LogP contribution in [0.15, 0.2) is 24.3 Å². The molecule has 1 heterocycles. The molecule has 0 saturated carbocycles. The lowest BCUT2D eigenvalue weighted by molar-refractivity contribution is 0.628. The van der Waals surface area contributed by atoms with Crippen LogP contribution in [0, 0.1) is 24.1 Å². The Labute approximate surface area is 92.8 Å². The zero-order chi connectivity index (χ0) is 11.7. The number of nitriles is 1. The van der Waals surface area contributed by atoms with Crippen LogP contribution in [-0.2, 0) is 7.05 Å². The second kappa shape index (κ2) is 3.78. The Balaban J connectivity index is 2.64. The minimum atomic E-state index is -0.291. The molecule has 1 aromatic carbocycles. The first-order chi connectivity index (χ1) is 7.63. The Kier molecular flexibility index (Phi) is 2.45. The number of halogens is 1. The average Bonchev–Trinajstić information content (AvgIpc) is 2.57. The Bertz CT molecular complexity index is 561. The first-order valence-corrected chi connectivity index (χ1v) is 4.83. The van der Waals surface area contributed by atoms with Crippen molar-refractivity contribution in [1.29, 1.82) is 5.26 Å². The van der Waals surface area contributed by atoms with E-state index in [1.165, 1.54) is 12.1 Å². The van der Waals surface area contributed by atoms with Crippen LogP contribution in [0.3, 0.4) is 0 Å². The molecule has 2 rings (SSSR count). The first-order valence-electron chi connectivity index (χ1n) is 4.83. The van der Waals surface area contributed by atoms with Crippen LogP contribution < -0.4 is 0 Å². The standard InChI is InChI=1S/C12H10FN3/c1-8-15-11(7-14)12(16(8)2)9-3-5-10(13)6-4-9/h3-6H,1-2H3. The second-order valence-electron chi connectivity index (χ2n) is 3.53. The molecule has 0 unspecified atom stereocenters. The van der Waals surface area contributed by atoms with Crippen molar-refractivity contribution < 1.29 is 4.39 Å². The first kappa shape index (κ1) is 10.4. The molecule has 0 N–H and O–H groups in total. The van der Waals surface area contributed by atoms with Crippen molar-refractivity contribution in [2.45, 2.75) is 6.92 Å². The van der Waals surface area contributed by atoms with E-state index in [0.29, 0.717) is 5.69 Å². The van der Waals surface area contributed by atoms with Gasteiger partial charge in [-0.1, -0.05) is 0 Å². The number of hydrogen-bond donors (Lipinski definition) is 0. The van der Waals surface area contributed by atoms with Crippen molar-refractivity contribution in [2.75, 3.05) is 0 Å². The lowest BCUT2D eigenvalue weighted by atomic mass is 10.1. The maximum atomic E-state index is 12.8. The number of imidazole rings is 1. The normalized spacial score (nSPS) is 10.1. The topological polar surface area (TPSA) is 41.6 Å². The zero-order valence-corrected chi connectivity index (χ0v) is 9.03. The number of nitrogens with zero attached hydrogens (tertiary/aromatic N) is 3. The van der Waals surface area contributed by atoms with E-state index in [1.807, 2.05) is 24.6 Å². The van der Waals surface area contributed by atoms with Crippen molar-refractivity contribution >= 4 is 0 Å². The summed E-state index contributed by atoms with van der Waals surface area (Å²) in [6.45, 7) is 1.83. The highest BCUT2D eigenvalue weighted by atomic mass is 19.1. The monoisotopic (exact) mass is 215 g/mol. The van der Waals surface area contributed by atoms with E-state index in [2.05, 4.69) is 4.98 Å². The average molecular weight is 215 g/mol. The van der Waals surface area contributed by atoms with Gasteiger partial charge in [0.2, 0.25) is 0 Å². The van der Waals surface area contributed by atoms with E-state index in [9.17, 15) is 4.39 Å². The van der Waals surface area contributed by atoms with Gasteiger partial charge in [-0.3, -0.25) is 0 Å². The molecule has 4 heteroatoms. The molecule has 3 nitrogen and oxygen atoms in total. The molecule has 0 aliphatic rings. The van der Waals surface area contributed by atoms with Crippen LogP contribution in [0.2, 0.25) is 0 Å². The Morgan fingerprint density at radius 3 is 2.50 bits per heavy atom. The SMILES string of the molecule is Cc1nc(C#N)c(-c2ccc(F)cc2)n1C. The number of benzene rings is 1. The largest absolute Gasteiger partial charge is 0.330 e. The van der Waals surface area contributed by atoms with E-state index >= 15 is 0 Å². The van der Waals surface area contributed by atoms with Gasteiger partial charge in [0.15, 0.2) is 5.69 Å². The van der Waals surface area contributed by atoms with Gasteiger partial charge in [0.25, 0.3) is 0 Å². The second-order valence-corrected chi connectivity index (χ2v) is 3.53. The van der Waals surface area contributed by atoms with Gasteiger partial charge in [0.05, 0.1) is 5.69 Å². The minimum absolute atomic E-state index is 0.291. The maximum Gasteiger partial charge on any atom is 0.166 e. The van der Waals surface area contributed by atoms with E-state index in [4.69, 9.17) is 5.26 Å². The molecule has 1 aromatic heterocycles. The van der Waals surface area contributed by atoms with Crippen molar-refractivity contribution in [2.24, 2.45) is 7.05 Å². The van der Waals surface area contributed by atoms with Crippen LogP contribution in [0.25, 0.3) is 11.3 Å². The summed E-state index contributed by atoms with van der Waals surface area (Å²) >= 11 is 0. The fourth-order valence-corrected chi connectivity index (χ4v) is 1.63. The van der Waals surface area contributed by atoms with Crippen molar-refractivity contribution in [3.63, 3.8) is 0 Å². The number of aryl methyl sites for hydroxylation is 1. The summed E-state index contributed by atoms with van der Waals surface area (Å²) in [6.07, 6.45) is 0. The highest BCUT2D eigenvalue weighted by Crippen LogP contribution is 2.23. The number of aromatic nitrogens is 2. The zero-order valence-electron chi connectivity index (χ0n) is 9.03. The molecule has 0 amide bonds. The van der Waals surface area contributed by atoms with Crippen LogP contribution in [-0.4, -0.2) is 9.55 Å². The lowest BCUT2D eigenvalue weighted by Gasteiger charge is -2.03.